The Morgan fingerprint density at radius 3 is 2.57 bits per heavy atom. The molecule has 1 N–H and O–H groups in total. The molecule has 2 aliphatic heterocycles. The Kier molecular flexibility index (Phi) is 9.12. The van der Waals surface area contributed by atoms with Crippen LogP contribution in [0.5, 0.6) is 5.75 Å². The van der Waals surface area contributed by atoms with E-state index in [1.165, 1.54) is 0 Å². The van der Waals surface area contributed by atoms with Gasteiger partial charge in [-0.25, -0.2) is 4.79 Å². The third-order valence-corrected chi connectivity index (χ3v) is 10.4. The van der Waals surface area contributed by atoms with Crippen LogP contribution in [0.2, 0.25) is 0 Å². The molecule has 238 valence electrons. The zero-order valence-electron chi connectivity index (χ0n) is 27.4. The largest absolute Gasteiger partial charge is 0.497 e. The number of allylic oxidation sites excluding steroid dienone is 1. The van der Waals surface area contributed by atoms with E-state index >= 15 is 0 Å². The molecule has 1 aromatic rings. The molecule has 44 heavy (non-hydrogen) atoms. The fourth-order valence-corrected chi connectivity index (χ4v) is 7.84. The second-order valence-corrected chi connectivity index (χ2v) is 14.9. The quantitative estimate of drug-likeness (QED) is 0.238. The van der Waals surface area contributed by atoms with Crippen molar-refractivity contribution >= 4 is 19.1 Å². The van der Waals surface area contributed by atoms with Gasteiger partial charge in [-0.15, -0.1) is 0 Å². The van der Waals surface area contributed by atoms with E-state index in [9.17, 15) is 14.9 Å². The number of benzene rings is 1. The van der Waals surface area contributed by atoms with Gasteiger partial charge in [0.05, 0.1) is 30.8 Å². The van der Waals surface area contributed by atoms with Gasteiger partial charge in [0.25, 0.3) is 5.91 Å². The van der Waals surface area contributed by atoms with Gasteiger partial charge in [0.15, 0.2) is 0 Å². The molecule has 5 aliphatic rings. The number of nitrogens with zero attached hydrogens (tertiary/aromatic N) is 2. The number of rotatable bonds is 8. The highest BCUT2D eigenvalue weighted by molar-refractivity contribution is 6.47. The Bertz CT molecular complexity index is 1300. The lowest BCUT2D eigenvalue weighted by Gasteiger charge is -2.64. The van der Waals surface area contributed by atoms with Crippen molar-refractivity contribution in [1.82, 2.24) is 10.2 Å². The number of alkyl carbamates (subject to hydrolysis) is 1. The Balaban J connectivity index is 1.27. The minimum absolute atomic E-state index is 0.0160. The molecule has 3 saturated carbocycles. The first-order valence-electron chi connectivity index (χ1n) is 16.1. The number of hydrogen-bond acceptors (Lipinski definition) is 7. The van der Waals surface area contributed by atoms with Gasteiger partial charge >= 0.3 is 13.2 Å². The maximum Gasteiger partial charge on any atom is 0.482 e. The van der Waals surface area contributed by atoms with Crippen LogP contribution in [0.3, 0.4) is 0 Å². The molecule has 6 atom stereocenters. The molecule has 9 nitrogen and oxygen atoms in total. The first kappa shape index (κ1) is 32.4. The van der Waals surface area contributed by atoms with E-state index in [1.807, 2.05) is 45.0 Å². The fraction of sp³-hybridized carbons (Fsp3) is 0.676. The molecule has 3 aliphatic carbocycles. The lowest BCUT2D eigenvalue weighted by molar-refractivity contribution is -0.199. The van der Waals surface area contributed by atoms with Crippen LogP contribution in [0.25, 0.3) is 0 Å². The van der Waals surface area contributed by atoms with Crippen LogP contribution in [0, 0.1) is 34.0 Å². The number of piperidine rings is 1. The molecule has 2 heterocycles. The molecule has 1 aromatic carbocycles. The highest BCUT2D eigenvalue weighted by atomic mass is 16.7. The Hall–Kier alpha value is -3.03. The molecule has 2 saturated heterocycles. The van der Waals surface area contributed by atoms with Crippen molar-refractivity contribution in [3.63, 3.8) is 0 Å². The number of ether oxygens (including phenoxy) is 2. The normalized spacial score (nSPS) is 30.0. The molecular weight excluding hydrogens is 557 g/mol. The molecule has 0 unspecified atom stereocenters. The first-order chi connectivity index (χ1) is 20.7. The number of likely N-dealkylation sites (tertiary alicyclic amines) is 1. The van der Waals surface area contributed by atoms with E-state index < -0.39 is 24.8 Å². The Labute approximate surface area is 262 Å². The number of carbonyl (C=O) groups is 2. The van der Waals surface area contributed by atoms with Gasteiger partial charge in [-0.2, -0.15) is 5.26 Å². The van der Waals surface area contributed by atoms with Crippen LogP contribution < -0.4 is 10.1 Å². The van der Waals surface area contributed by atoms with E-state index in [2.05, 4.69) is 32.2 Å². The number of nitrogens with one attached hydrogen (secondary N) is 1. The van der Waals surface area contributed by atoms with Crippen LogP contribution >= 0.6 is 0 Å². The summed E-state index contributed by atoms with van der Waals surface area (Å²) in [5.41, 5.74) is 0.620. The van der Waals surface area contributed by atoms with E-state index in [0.717, 1.165) is 37.0 Å². The maximum atomic E-state index is 13.3. The third-order valence-electron chi connectivity index (χ3n) is 10.4. The van der Waals surface area contributed by atoms with Crippen molar-refractivity contribution in [2.24, 2.45) is 22.7 Å². The lowest BCUT2D eigenvalue weighted by Crippen LogP contribution is -2.65. The molecule has 0 aromatic heterocycles. The van der Waals surface area contributed by atoms with E-state index in [1.54, 1.807) is 18.1 Å². The first-order valence-corrected chi connectivity index (χ1v) is 16.1. The summed E-state index contributed by atoms with van der Waals surface area (Å²) in [6.45, 7) is 13.3. The summed E-state index contributed by atoms with van der Waals surface area (Å²) >= 11 is 0. The molecule has 0 radical (unpaired) electrons. The van der Waals surface area contributed by atoms with E-state index in [-0.39, 0.29) is 41.1 Å². The summed E-state index contributed by atoms with van der Waals surface area (Å²) in [5, 5.41) is 12.8. The van der Waals surface area contributed by atoms with Crippen LogP contribution in [0.4, 0.5) is 4.79 Å². The Morgan fingerprint density at radius 1 is 1.20 bits per heavy atom. The van der Waals surface area contributed by atoms with Crippen molar-refractivity contribution in [1.29, 1.82) is 5.26 Å². The van der Waals surface area contributed by atoms with Gasteiger partial charge in [-0.1, -0.05) is 52.8 Å². The number of hydrogen-bond donors (Lipinski definition) is 1. The summed E-state index contributed by atoms with van der Waals surface area (Å²) in [7, 11) is 1.01. The van der Waals surface area contributed by atoms with E-state index in [0.29, 0.717) is 31.2 Å². The van der Waals surface area contributed by atoms with Crippen LogP contribution in [0.15, 0.2) is 35.9 Å². The molecule has 2 amide bonds. The standard InChI is InChI=1S/C34H48BN3O6/c1-32(2,3)19-23(20-36)30(39)38-15-9-8-10-25(38)21-42-31(40)37-29(16-22-11-13-26(41-7)14-12-22)35-43-28-18-24-17-27(33(24,4)5)34(28,6)44-35/h11-14,19,24-25,27-29H,8-10,15-18,21H2,1-7H3,(H,37,40)/t24-,25+,27-,28+,29-,34-/m0/s1. The highest BCUT2D eigenvalue weighted by Crippen LogP contribution is 2.65. The van der Waals surface area contributed by atoms with Gasteiger partial charge in [-0.05, 0) is 85.8 Å². The van der Waals surface area contributed by atoms with E-state index in [4.69, 9.17) is 18.8 Å². The second kappa shape index (κ2) is 12.4. The number of methoxy groups -OCH3 is 1. The van der Waals surface area contributed by atoms with Gasteiger partial charge in [0.2, 0.25) is 0 Å². The number of carbonyl (C=O) groups excluding carboxylic acids is 2. The average molecular weight is 606 g/mol. The molecular formula is C34H48BN3O6. The monoisotopic (exact) mass is 605 g/mol. The zero-order chi connectivity index (χ0) is 31.9. The number of nitriles is 1. The van der Waals surface area contributed by atoms with Gasteiger partial charge in [-0.3, -0.25) is 4.79 Å². The average Bonchev–Trinajstić information content (AvgIpc) is 3.35. The summed E-state index contributed by atoms with van der Waals surface area (Å²) in [4.78, 5) is 28.4. The Morgan fingerprint density at radius 2 is 1.93 bits per heavy atom. The fourth-order valence-electron chi connectivity index (χ4n) is 7.84. The van der Waals surface area contributed by atoms with Crippen LogP contribution in [-0.4, -0.2) is 68.0 Å². The zero-order valence-corrected chi connectivity index (χ0v) is 27.4. The number of amides is 2. The lowest BCUT2D eigenvalue weighted by atomic mass is 9.43. The molecule has 0 spiro atoms. The smallest absolute Gasteiger partial charge is 0.482 e. The van der Waals surface area contributed by atoms with Crippen LogP contribution in [0.1, 0.15) is 79.2 Å². The summed E-state index contributed by atoms with van der Waals surface area (Å²) in [6.07, 6.45) is 6.18. The topological polar surface area (TPSA) is 110 Å². The highest BCUT2D eigenvalue weighted by Gasteiger charge is 2.68. The minimum atomic E-state index is -0.622. The summed E-state index contributed by atoms with van der Waals surface area (Å²) in [6, 6.07) is 9.54. The van der Waals surface area contributed by atoms with Crippen molar-refractivity contribution < 1.29 is 28.4 Å². The molecule has 5 fully saturated rings. The molecule has 2 bridgehead atoms. The minimum Gasteiger partial charge on any atom is -0.497 e. The summed E-state index contributed by atoms with van der Waals surface area (Å²) < 4.78 is 24.4. The second-order valence-electron chi connectivity index (χ2n) is 14.9. The maximum absolute atomic E-state index is 13.3. The predicted molar refractivity (Wildman–Crippen MR) is 168 cm³/mol. The summed E-state index contributed by atoms with van der Waals surface area (Å²) in [5.74, 6) is 0.987. The molecule has 10 heteroatoms. The van der Waals surface area contributed by atoms with Gasteiger partial charge in [0, 0.05) is 6.54 Å². The van der Waals surface area contributed by atoms with Crippen molar-refractivity contribution in [2.75, 3.05) is 20.3 Å². The third kappa shape index (κ3) is 6.50. The molecule has 6 rings (SSSR count). The van der Waals surface area contributed by atoms with Gasteiger partial charge < -0.3 is 29.0 Å². The van der Waals surface area contributed by atoms with Crippen molar-refractivity contribution in [3.05, 3.63) is 41.5 Å². The van der Waals surface area contributed by atoms with Gasteiger partial charge in [0.1, 0.15) is 24.0 Å². The van der Waals surface area contributed by atoms with Crippen molar-refractivity contribution in [2.45, 2.75) is 104 Å². The van der Waals surface area contributed by atoms with Crippen LogP contribution in [-0.2, 0) is 25.3 Å². The SMILES string of the molecule is COc1ccc(C[C@H](NC(=O)OC[C@H]2CCCCN2C(=O)C(C#N)=CC(C)(C)C)B2O[C@@H]3C[C@@H]4C[C@@H](C4(C)C)[C@]3(C)O2)cc1. The van der Waals surface area contributed by atoms with Crippen molar-refractivity contribution in [3.8, 4) is 11.8 Å². The predicted octanol–water partition coefficient (Wildman–Crippen LogP) is 5.48.